The van der Waals surface area contributed by atoms with Crippen LogP contribution in [0.15, 0.2) is 12.3 Å². The Labute approximate surface area is 90.0 Å². The molecule has 1 aliphatic rings. The molecule has 0 aromatic carbocycles. The molecular formula is C10H19N5. The standard InChI is InChI=1S/C10H19N5/c1-8(11)2-4-13-10-3-5-14-15(10)9-6-12-7-9/h3,5,8-9,12-13H,2,4,6-7,11H2,1H3. The van der Waals surface area contributed by atoms with Gasteiger partial charge in [0, 0.05) is 31.7 Å². The molecule has 1 aromatic rings. The van der Waals surface area contributed by atoms with Crippen LogP contribution >= 0.6 is 0 Å². The Morgan fingerprint density at radius 2 is 2.53 bits per heavy atom. The van der Waals surface area contributed by atoms with Crippen LogP contribution in [0.25, 0.3) is 0 Å². The van der Waals surface area contributed by atoms with Crippen LogP contribution in [-0.4, -0.2) is 35.5 Å². The second kappa shape index (κ2) is 4.63. The monoisotopic (exact) mass is 209 g/mol. The molecule has 0 bridgehead atoms. The first-order valence-corrected chi connectivity index (χ1v) is 5.51. The van der Waals surface area contributed by atoms with Gasteiger partial charge in [-0.3, -0.25) is 0 Å². The van der Waals surface area contributed by atoms with Gasteiger partial charge in [-0.05, 0) is 13.3 Å². The van der Waals surface area contributed by atoms with Crippen LogP contribution in [0.3, 0.4) is 0 Å². The van der Waals surface area contributed by atoms with E-state index in [1.165, 1.54) is 0 Å². The lowest BCUT2D eigenvalue weighted by Gasteiger charge is -2.29. The Morgan fingerprint density at radius 1 is 1.73 bits per heavy atom. The van der Waals surface area contributed by atoms with Crippen LogP contribution < -0.4 is 16.4 Å². The summed E-state index contributed by atoms with van der Waals surface area (Å²) in [7, 11) is 0. The number of rotatable bonds is 5. The maximum atomic E-state index is 5.69. The first kappa shape index (κ1) is 10.4. The van der Waals surface area contributed by atoms with E-state index in [4.69, 9.17) is 5.73 Å². The van der Waals surface area contributed by atoms with E-state index in [-0.39, 0.29) is 6.04 Å². The molecule has 1 aliphatic heterocycles. The molecule has 1 aromatic heterocycles. The predicted molar refractivity (Wildman–Crippen MR) is 60.9 cm³/mol. The number of hydrogen-bond acceptors (Lipinski definition) is 4. The normalized spacial score (nSPS) is 18.5. The molecule has 1 saturated heterocycles. The van der Waals surface area contributed by atoms with Crippen molar-refractivity contribution in [1.82, 2.24) is 15.1 Å². The molecule has 1 fully saturated rings. The summed E-state index contributed by atoms with van der Waals surface area (Å²) in [4.78, 5) is 0. The van der Waals surface area contributed by atoms with E-state index in [0.717, 1.165) is 31.9 Å². The zero-order valence-electron chi connectivity index (χ0n) is 9.11. The molecule has 0 aliphatic carbocycles. The molecule has 2 rings (SSSR count). The Morgan fingerprint density at radius 3 is 3.13 bits per heavy atom. The van der Waals surface area contributed by atoms with E-state index in [1.54, 1.807) is 0 Å². The number of hydrogen-bond donors (Lipinski definition) is 3. The van der Waals surface area contributed by atoms with Gasteiger partial charge in [-0.15, -0.1) is 0 Å². The van der Waals surface area contributed by atoms with E-state index in [1.807, 2.05) is 19.2 Å². The minimum atomic E-state index is 0.249. The molecule has 1 unspecified atom stereocenters. The summed E-state index contributed by atoms with van der Waals surface area (Å²) in [6, 6.07) is 2.77. The number of anilines is 1. The van der Waals surface area contributed by atoms with Gasteiger partial charge in [-0.1, -0.05) is 0 Å². The minimum absolute atomic E-state index is 0.249. The van der Waals surface area contributed by atoms with E-state index in [0.29, 0.717) is 6.04 Å². The molecule has 15 heavy (non-hydrogen) atoms. The summed E-state index contributed by atoms with van der Waals surface area (Å²) in [5.74, 6) is 1.10. The molecule has 5 heteroatoms. The van der Waals surface area contributed by atoms with Crippen molar-refractivity contribution in [3.63, 3.8) is 0 Å². The zero-order valence-corrected chi connectivity index (χ0v) is 9.11. The summed E-state index contributed by atoms with van der Waals surface area (Å²) in [5.41, 5.74) is 5.69. The van der Waals surface area contributed by atoms with Crippen molar-refractivity contribution in [3.05, 3.63) is 12.3 Å². The van der Waals surface area contributed by atoms with Gasteiger partial charge in [-0.2, -0.15) is 5.10 Å². The quantitative estimate of drug-likeness (QED) is 0.647. The molecule has 5 nitrogen and oxygen atoms in total. The Balaban J connectivity index is 1.87. The lowest BCUT2D eigenvalue weighted by Crippen LogP contribution is -2.44. The van der Waals surface area contributed by atoms with Crippen molar-refractivity contribution < 1.29 is 0 Å². The predicted octanol–water partition coefficient (Wildman–Crippen LogP) is 0.177. The zero-order chi connectivity index (χ0) is 10.7. The average molecular weight is 209 g/mol. The highest BCUT2D eigenvalue weighted by atomic mass is 15.4. The summed E-state index contributed by atoms with van der Waals surface area (Å²) >= 11 is 0. The van der Waals surface area contributed by atoms with Gasteiger partial charge < -0.3 is 16.4 Å². The fourth-order valence-electron chi connectivity index (χ4n) is 1.62. The second-order valence-corrected chi connectivity index (χ2v) is 4.17. The van der Waals surface area contributed by atoms with E-state index >= 15 is 0 Å². The molecule has 0 spiro atoms. The number of aromatic nitrogens is 2. The summed E-state index contributed by atoms with van der Waals surface area (Å²) in [6.45, 7) is 4.96. The Kier molecular flexibility index (Phi) is 3.23. The second-order valence-electron chi connectivity index (χ2n) is 4.17. The van der Waals surface area contributed by atoms with Gasteiger partial charge in [0.15, 0.2) is 0 Å². The number of nitrogens with two attached hydrogens (primary N) is 1. The summed E-state index contributed by atoms with van der Waals surface area (Å²) < 4.78 is 2.05. The average Bonchev–Trinajstić information content (AvgIpc) is 2.50. The van der Waals surface area contributed by atoms with Gasteiger partial charge in [0.05, 0.1) is 12.2 Å². The van der Waals surface area contributed by atoms with Crippen LogP contribution in [-0.2, 0) is 0 Å². The van der Waals surface area contributed by atoms with Gasteiger partial charge >= 0.3 is 0 Å². The number of nitrogens with one attached hydrogen (secondary N) is 2. The van der Waals surface area contributed by atoms with E-state index < -0.39 is 0 Å². The molecule has 0 amide bonds. The summed E-state index contributed by atoms with van der Waals surface area (Å²) in [5, 5.41) is 10.9. The highest BCUT2D eigenvalue weighted by Gasteiger charge is 2.21. The maximum Gasteiger partial charge on any atom is 0.124 e. The topological polar surface area (TPSA) is 67.9 Å². The SMILES string of the molecule is CC(N)CCNc1ccnn1C1CNC1. The van der Waals surface area contributed by atoms with Crippen LogP contribution in [0.1, 0.15) is 19.4 Å². The molecule has 4 N–H and O–H groups in total. The third-order valence-electron chi connectivity index (χ3n) is 2.68. The van der Waals surface area contributed by atoms with Gasteiger partial charge in [0.1, 0.15) is 5.82 Å². The largest absolute Gasteiger partial charge is 0.370 e. The van der Waals surface area contributed by atoms with E-state index in [2.05, 4.69) is 20.4 Å². The highest BCUT2D eigenvalue weighted by Crippen LogP contribution is 2.17. The molecule has 0 radical (unpaired) electrons. The van der Waals surface area contributed by atoms with Gasteiger partial charge in [0.25, 0.3) is 0 Å². The third-order valence-corrected chi connectivity index (χ3v) is 2.68. The molecule has 0 saturated carbocycles. The van der Waals surface area contributed by atoms with Crippen molar-refractivity contribution in [1.29, 1.82) is 0 Å². The molecule has 84 valence electrons. The molecular weight excluding hydrogens is 190 g/mol. The van der Waals surface area contributed by atoms with Crippen molar-refractivity contribution in [2.24, 2.45) is 5.73 Å². The Hall–Kier alpha value is -1.07. The van der Waals surface area contributed by atoms with Crippen LogP contribution in [0.5, 0.6) is 0 Å². The van der Waals surface area contributed by atoms with Crippen LogP contribution in [0, 0.1) is 0 Å². The smallest absolute Gasteiger partial charge is 0.124 e. The van der Waals surface area contributed by atoms with Gasteiger partial charge in [0.2, 0.25) is 0 Å². The van der Waals surface area contributed by atoms with E-state index in [9.17, 15) is 0 Å². The lowest BCUT2D eigenvalue weighted by atomic mass is 10.2. The number of nitrogens with zero attached hydrogens (tertiary/aromatic N) is 2. The third kappa shape index (κ3) is 2.49. The van der Waals surface area contributed by atoms with Crippen LogP contribution in [0.4, 0.5) is 5.82 Å². The highest BCUT2D eigenvalue weighted by molar-refractivity contribution is 5.34. The first-order chi connectivity index (χ1) is 7.27. The molecule has 1 atom stereocenters. The van der Waals surface area contributed by atoms with Crippen LogP contribution in [0.2, 0.25) is 0 Å². The lowest BCUT2D eigenvalue weighted by molar-refractivity contribution is 0.321. The van der Waals surface area contributed by atoms with Crippen molar-refractivity contribution >= 4 is 5.82 Å². The minimum Gasteiger partial charge on any atom is -0.370 e. The fourth-order valence-corrected chi connectivity index (χ4v) is 1.62. The maximum absolute atomic E-state index is 5.69. The van der Waals surface area contributed by atoms with Gasteiger partial charge in [-0.25, -0.2) is 4.68 Å². The fraction of sp³-hybridized carbons (Fsp3) is 0.700. The van der Waals surface area contributed by atoms with Crippen molar-refractivity contribution in [2.75, 3.05) is 25.0 Å². The van der Waals surface area contributed by atoms with Crippen molar-refractivity contribution in [3.8, 4) is 0 Å². The summed E-state index contributed by atoms with van der Waals surface area (Å²) in [6.07, 6.45) is 2.82. The van der Waals surface area contributed by atoms with Crippen molar-refractivity contribution in [2.45, 2.75) is 25.4 Å². The molecule has 2 heterocycles. The first-order valence-electron chi connectivity index (χ1n) is 5.51. The Bertz CT molecular complexity index is 303.